The van der Waals surface area contributed by atoms with Gasteiger partial charge in [0.15, 0.2) is 18.5 Å². The largest absolute Gasteiger partial charge is 0.458 e. The SMILES string of the molecule is CCCCCC/C=C/[C@@H](OC(=O)c1ccccc1)[C@H](CO[C@H]1O[C@H](COCC(=O)OC(C)(C)C)[C@H](OCC(=O)OC(C)(C)C)[C@H](OC(=O)c2ccccc2)[C@H]1OC(=O)c1ccccc1)N=[N+]=[N-]. The Bertz CT molecular complexity index is 2100. The smallest absolute Gasteiger partial charge is 0.338 e. The van der Waals surface area contributed by atoms with Crippen molar-refractivity contribution < 1.29 is 66.6 Å². The van der Waals surface area contributed by atoms with E-state index < -0.39 is 110 Å². The first-order chi connectivity index (χ1) is 32.0. The number of benzene rings is 3. The average molecular weight is 930 g/mol. The van der Waals surface area contributed by atoms with Crippen LogP contribution < -0.4 is 0 Å². The summed E-state index contributed by atoms with van der Waals surface area (Å²) in [5.74, 6) is -3.91. The quantitative estimate of drug-likeness (QED) is 0.0156. The van der Waals surface area contributed by atoms with Gasteiger partial charge in [0, 0.05) is 4.91 Å². The first-order valence-corrected chi connectivity index (χ1v) is 22.4. The van der Waals surface area contributed by atoms with Gasteiger partial charge in [0.25, 0.3) is 0 Å². The molecule has 0 aliphatic carbocycles. The molecule has 1 saturated heterocycles. The number of unbranched alkanes of at least 4 members (excludes halogenated alkanes) is 4. The number of nitrogens with zero attached hydrogens (tertiary/aromatic N) is 3. The summed E-state index contributed by atoms with van der Waals surface area (Å²) < 4.78 is 53.9. The van der Waals surface area contributed by atoms with Gasteiger partial charge in [-0.15, -0.1) is 0 Å². The summed E-state index contributed by atoms with van der Waals surface area (Å²) in [5, 5.41) is 3.96. The summed E-state index contributed by atoms with van der Waals surface area (Å²) in [4.78, 5) is 70.3. The van der Waals surface area contributed by atoms with Crippen LogP contribution >= 0.6 is 0 Å². The molecule has 1 aliphatic rings. The Balaban J connectivity index is 1.79. The Morgan fingerprint density at radius 2 is 1.21 bits per heavy atom. The van der Waals surface area contributed by atoms with E-state index in [-0.39, 0.29) is 16.7 Å². The predicted octanol–water partition coefficient (Wildman–Crippen LogP) is 8.70. The van der Waals surface area contributed by atoms with Gasteiger partial charge in [0.1, 0.15) is 48.8 Å². The summed E-state index contributed by atoms with van der Waals surface area (Å²) in [6, 6.07) is 23.0. The molecule has 0 N–H and O–H groups in total. The minimum Gasteiger partial charge on any atom is -0.458 e. The molecule has 0 bridgehead atoms. The number of allylic oxidation sites excluding steroid dienone is 1. The second-order valence-electron chi connectivity index (χ2n) is 17.6. The van der Waals surface area contributed by atoms with Crippen LogP contribution in [-0.2, 0) is 52.2 Å². The summed E-state index contributed by atoms with van der Waals surface area (Å²) in [6.45, 7) is 10.0. The maximum atomic E-state index is 14.0. The zero-order valence-corrected chi connectivity index (χ0v) is 39.3. The van der Waals surface area contributed by atoms with Crippen molar-refractivity contribution in [2.75, 3.05) is 26.4 Å². The Kier molecular flexibility index (Phi) is 21.5. The van der Waals surface area contributed by atoms with E-state index in [1.54, 1.807) is 114 Å². The number of carbonyl (C=O) groups is 5. The summed E-state index contributed by atoms with van der Waals surface area (Å²) in [5.41, 5.74) is 8.59. The molecule has 0 saturated carbocycles. The molecule has 0 aromatic heterocycles. The number of esters is 5. The number of rotatable bonds is 24. The van der Waals surface area contributed by atoms with Gasteiger partial charge in [-0.25, -0.2) is 24.0 Å². The Labute approximate surface area is 391 Å². The molecule has 17 heteroatoms. The van der Waals surface area contributed by atoms with Crippen molar-refractivity contribution in [3.63, 3.8) is 0 Å². The van der Waals surface area contributed by atoms with Crippen LogP contribution in [0.5, 0.6) is 0 Å². The predicted molar refractivity (Wildman–Crippen MR) is 245 cm³/mol. The molecule has 67 heavy (non-hydrogen) atoms. The van der Waals surface area contributed by atoms with E-state index in [4.69, 9.17) is 42.6 Å². The van der Waals surface area contributed by atoms with E-state index in [0.717, 1.165) is 25.7 Å². The molecule has 0 unspecified atom stereocenters. The minimum atomic E-state index is -1.66. The summed E-state index contributed by atoms with van der Waals surface area (Å²) in [7, 11) is 0. The van der Waals surface area contributed by atoms with Crippen molar-refractivity contribution in [1.29, 1.82) is 0 Å². The van der Waals surface area contributed by atoms with Crippen molar-refractivity contribution in [2.24, 2.45) is 5.11 Å². The maximum absolute atomic E-state index is 14.0. The van der Waals surface area contributed by atoms with Crippen LogP contribution in [0.4, 0.5) is 0 Å². The number of carbonyl (C=O) groups excluding carboxylic acids is 5. The van der Waals surface area contributed by atoms with E-state index in [0.29, 0.717) is 6.42 Å². The first-order valence-electron chi connectivity index (χ1n) is 22.4. The van der Waals surface area contributed by atoms with Crippen LogP contribution in [0.2, 0.25) is 0 Å². The fraction of sp³-hybridized carbons (Fsp3) is 0.500. The molecule has 4 rings (SSSR count). The van der Waals surface area contributed by atoms with Gasteiger partial charge in [-0.1, -0.05) is 92.0 Å². The normalized spacial score (nSPS) is 19.3. The van der Waals surface area contributed by atoms with Gasteiger partial charge in [-0.05, 0) is 102 Å². The third-order valence-corrected chi connectivity index (χ3v) is 9.65. The van der Waals surface area contributed by atoms with Crippen LogP contribution in [-0.4, -0.2) is 110 Å². The molecule has 3 aromatic rings. The molecule has 0 amide bonds. The van der Waals surface area contributed by atoms with Crippen molar-refractivity contribution in [3.8, 4) is 0 Å². The zero-order chi connectivity index (χ0) is 48.8. The molecule has 0 radical (unpaired) electrons. The highest BCUT2D eigenvalue weighted by Crippen LogP contribution is 2.32. The molecule has 7 atom stereocenters. The highest BCUT2D eigenvalue weighted by molar-refractivity contribution is 5.91. The summed E-state index contributed by atoms with van der Waals surface area (Å²) >= 11 is 0. The van der Waals surface area contributed by atoms with Gasteiger partial charge in [-0.2, -0.15) is 0 Å². The van der Waals surface area contributed by atoms with E-state index in [9.17, 15) is 29.5 Å². The molecule has 17 nitrogen and oxygen atoms in total. The second kappa shape index (κ2) is 26.9. The fourth-order valence-electron chi connectivity index (χ4n) is 6.69. The number of azide groups is 1. The number of hydrogen-bond donors (Lipinski definition) is 0. The second-order valence-corrected chi connectivity index (χ2v) is 17.6. The minimum absolute atomic E-state index is 0.118. The topological polar surface area (TPSA) is 217 Å². The molecule has 1 heterocycles. The van der Waals surface area contributed by atoms with Crippen LogP contribution in [0.15, 0.2) is 108 Å². The van der Waals surface area contributed by atoms with Gasteiger partial charge < -0.3 is 42.6 Å². The Morgan fingerprint density at radius 1 is 0.687 bits per heavy atom. The van der Waals surface area contributed by atoms with Crippen LogP contribution in [0.3, 0.4) is 0 Å². The lowest BCUT2D eigenvalue weighted by atomic mass is 9.97. The summed E-state index contributed by atoms with van der Waals surface area (Å²) in [6.07, 6.45) is -0.778. The molecule has 0 spiro atoms. The molecular weight excluding hydrogens is 867 g/mol. The molecule has 362 valence electrons. The van der Waals surface area contributed by atoms with E-state index in [1.165, 1.54) is 24.3 Å². The van der Waals surface area contributed by atoms with Crippen molar-refractivity contribution >= 4 is 29.8 Å². The third kappa shape index (κ3) is 19.0. The van der Waals surface area contributed by atoms with Crippen LogP contribution in [0.25, 0.3) is 10.4 Å². The highest BCUT2D eigenvalue weighted by atomic mass is 16.7. The van der Waals surface area contributed by atoms with Crippen molar-refractivity contribution in [3.05, 3.63) is 130 Å². The van der Waals surface area contributed by atoms with Gasteiger partial charge in [0.2, 0.25) is 0 Å². The average Bonchev–Trinajstić information content (AvgIpc) is 3.28. The Morgan fingerprint density at radius 3 is 1.73 bits per heavy atom. The van der Waals surface area contributed by atoms with E-state index in [1.807, 2.05) is 6.08 Å². The Hall–Kier alpha value is -6.10. The van der Waals surface area contributed by atoms with E-state index >= 15 is 0 Å². The molecule has 3 aromatic carbocycles. The van der Waals surface area contributed by atoms with Gasteiger partial charge in [-0.3, -0.25) is 0 Å². The molecule has 1 aliphatic heterocycles. The van der Waals surface area contributed by atoms with Gasteiger partial charge >= 0.3 is 29.8 Å². The van der Waals surface area contributed by atoms with Crippen LogP contribution in [0.1, 0.15) is 112 Å². The number of ether oxygens (including phenoxy) is 9. The highest BCUT2D eigenvalue weighted by Gasteiger charge is 2.52. The number of hydrogen-bond acceptors (Lipinski definition) is 15. The maximum Gasteiger partial charge on any atom is 0.338 e. The van der Waals surface area contributed by atoms with Crippen LogP contribution in [0, 0.1) is 0 Å². The third-order valence-electron chi connectivity index (χ3n) is 9.65. The molecular formula is C50H63N3O14. The standard InChI is InChI=1S/C50H63N3O14/c1-8-9-10-11-12-22-29-38(62-45(56)34-23-16-13-17-24-34)37(52-53-51)30-61-48-44(65-47(58)36-27-20-15-21-28-36)43(64-46(57)35-25-18-14-19-26-35)42(60-33-41(55)67-50(5,6)7)39(63-48)31-59-32-40(54)66-49(2,3)4/h13-29,37-39,42-44,48H,8-12,30-33H2,1-7H3/b29-22+/t37-,38+,39+,42-,43-,44+,48-/m0/s1. The lowest BCUT2D eigenvalue weighted by Crippen LogP contribution is -2.63. The lowest BCUT2D eigenvalue weighted by Gasteiger charge is -2.45. The van der Waals surface area contributed by atoms with Crippen molar-refractivity contribution in [1.82, 2.24) is 0 Å². The fourth-order valence-corrected chi connectivity index (χ4v) is 6.69. The monoisotopic (exact) mass is 929 g/mol. The lowest BCUT2D eigenvalue weighted by molar-refractivity contribution is -0.308. The molecule has 1 fully saturated rings. The first kappa shape index (κ1) is 53.5. The van der Waals surface area contributed by atoms with E-state index in [2.05, 4.69) is 16.9 Å². The van der Waals surface area contributed by atoms with Gasteiger partial charge in [0.05, 0.1) is 29.9 Å². The van der Waals surface area contributed by atoms with Crippen molar-refractivity contribution in [2.45, 2.75) is 135 Å². The zero-order valence-electron chi connectivity index (χ0n) is 39.3.